The van der Waals surface area contributed by atoms with Crippen LogP contribution < -0.4 is 0 Å². The Morgan fingerprint density at radius 2 is 0.467 bits per heavy atom. The molecule has 0 atom stereocenters. The van der Waals surface area contributed by atoms with Crippen molar-refractivity contribution in [1.29, 1.82) is 0 Å². The summed E-state index contributed by atoms with van der Waals surface area (Å²) in [4.78, 5) is 76.4. The van der Waals surface area contributed by atoms with Crippen LogP contribution in [0.4, 0.5) is 85.3 Å². The Labute approximate surface area is 503 Å². The van der Waals surface area contributed by atoms with E-state index in [1.807, 2.05) is 0 Å². The first kappa shape index (κ1) is 61.7. The van der Waals surface area contributed by atoms with Crippen LogP contribution in [0, 0.1) is 70.8 Å². The van der Waals surface area contributed by atoms with Crippen molar-refractivity contribution in [2.45, 2.75) is 57.8 Å². The number of nitrogens with zero attached hydrogens (tertiary/aromatic N) is 15. The number of hydrogen-bond donors (Lipinski definition) is 4. The molecule has 0 saturated carbocycles. The van der Waals surface area contributed by atoms with Crippen LogP contribution in [0.1, 0.15) is 70.2 Å². The Morgan fingerprint density at radius 1 is 0.256 bits per heavy atom. The lowest BCUT2D eigenvalue weighted by atomic mass is 9.92. The zero-order valence-corrected chi connectivity index (χ0v) is 46.2. The summed E-state index contributed by atoms with van der Waals surface area (Å²) in [5.74, 6) is -1.49. The van der Waals surface area contributed by atoms with Gasteiger partial charge in [-0.1, -0.05) is 18.9 Å². The number of phenolic OH excluding ortho intramolecular Hbond substituents is 4. The lowest BCUT2D eigenvalue weighted by molar-refractivity contribution is -0.394. The quantitative estimate of drug-likeness (QED) is 0.0421. The van der Waals surface area contributed by atoms with Crippen molar-refractivity contribution in [3.8, 4) is 23.0 Å². The van der Waals surface area contributed by atoms with Crippen LogP contribution in [0.25, 0.3) is 0 Å². The smallest absolute Gasteiger partial charge is 0.278 e. The van der Waals surface area contributed by atoms with Gasteiger partial charge in [0.1, 0.15) is 23.0 Å². The van der Waals surface area contributed by atoms with Gasteiger partial charge < -0.3 is 20.4 Å². The van der Waals surface area contributed by atoms with Crippen molar-refractivity contribution in [2.24, 2.45) is 40.9 Å². The van der Waals surface area contributed by atoms with Crippen molar-refractivity contribution in [2.75, 3.05) is 0 Å². The molecule has 33 heteroatoms. The van der Waals surface area contributed by atoms with E-state index in [0.717, 1.165) is 42.5 Å². The summed E-state index contributed by atoms with van der Waals surface area (Å²) in [5, 5.41) is 165. The van der Waals surface area contributed by atoms with E-state index in [0.29, 0.717) is 48.9 Å². The van der Waals surface area contributed by atoms with Gasteiger partial charge in [0, 0.05) is 101 Å². The summed E-state index contributed by atoms with van der Waals surface area (Å²) >= 11 is 0. The highest BCUT2D eigenvalue weighted by Crippen LogP contribution is 2.43. The van der Waals surface area contributed by atoms with E-state index in [1.54, 1.807) is 6.07 Å². The van der Waals surface area contributed by atoms with Gasteiger partial charge in [0.05, 0.1) is 98.2 Å². The third-order valence-electron chi connectivity index (χ3n) is 13.9. The van der Waals surface area contributed by atoms with Crippen LogP contribution in [0.5, 0.6) is 23.0 Å². The minimum absolute atomic E-state index is 0.0154. The van der Waals surface area contributed by atoms with E-state index >= 15 is 0 Å². The van der Waals surface area contributed by atoms with Crippen LogP contribution in [0.2, 0.25) is 0 Å². The predicted octanol–water partition coefficient (Wildman–Crippen LogP) is 16.0. The highest BCUT2D eigenvalue weighted by Gasteiger charge is 2.24. The Kier molecular flexibility index (Phi) is 18.2. The van der Waals surface area contributed by atoms with Crippen LogP contribution in [-0.4, -0.2) is 54.9 Å². The molecular weight excluding hydrogens is 1180 g/mol. The fourth-order valence-electron chi connectivity index (χ4n) is 9.66. The van der Waals surface area contributed by atoms with Crippen LogP contribution in [0.15, 0.2) is 168 Å². The van der Waals surface area contributed by atoms with Crippen molar-refractivity contribution < 1.29 is 54.9 Å². The number of hydrogen-bond acceptors (Lipinski definition) is 26. The molecule has 8 bridgehead atoms. The Balaban J connectivity index is 1.24. The molecule has 0 fully saturated rings. The molecule has 0 radical (unpaired) electrons. The molecule has 0 aromatic heterocycles. The first-order chi connectivity index (χ1) is 42.9. The van der Waals surface area contributed by atoms with E-state index in [-0.39, 0.29) is 122 Å². The van der Waals surface area contributed by atoms with Crippen molar-refractivity contribution >= 4 is 85.3 Å². The molecule has 0 aliphatic heterocycles. The SMILES string of the molecule is O=[N+]([O-])c1cccc(N=Nc2cc3c(O)c(c2)Cc2cc(N=Nc4cc([N+](=O)[O-])cc([N+](=O)[O-])c4)cc(c2O)Cc2cc(N=Nc4cc([N+](=O)[O-])cc([N+](=O)[O-])c4)cc(c2O)Cc2cc(N=Nc4cc([N+](=O)[O-])cc([N+](=O)[O-])c4)cc(c2O)CCCCCC3)c1. The highest BCUT2D eigenvalue weighted by atomic mass is 16.7. The number of aromatic hydroxyl groups is 4. The molecule has 90 heavy (non-hydrogen) atoms. The number of nitro groups is 7. The summed E-state index contributed by atoms with van der Waals surface area (Å²) in [6, 6.07) is 24.1. The minimum atomic E-state index is -0.883. The molecule has 4 N–H and O–H groups in total. The van der Waals surface area contributed by atoms with Gasteiger partial charge in [-0.25, -0.2) is 0 Å². The lowest BCUT2D eigenvalue weighted by Gasteiger charge is -2.17. The van der Waals surface area contributed by atoms with Gasteiger partial charge in [-0.3, -0.25) is 70.8 Å². The summed E-state index contributed by atoms with van der Waals surface area (Å²) in [6.45, 7) is 0. The maximum Gasteiger partial charge on any atom is 0.278 e. The van der Waals surface area contributed by atoms with Gasteiger partial charge in [-0.2, -0.15) is 40.9 Å². The zero-order valence-electron chi connectivity index (χ0n) is 46.2. The maximum absolute atomic E-state index is 12.4. The zero-order chi connectivity index (χ0) is 64.5. The van der Waals surface area contributed by atoms with Crippen LogP contribution >= 0.6 is 0 Å². The second kappa shape index (κ2) is 26.6. The molecule has 9 rings (SSSR count). The average molecular weight is 1230 g/mol. The molecular formula is C57H43N15O18. The molecule has 0 heterocycles. The highest BCUT2D eigenvalue weighted by molar-refractivity contribution is 5.64. The molecule has 8 aromatic rings. The number of rotatable bonds is 15. The molecule has 454 valence electrons. The second-order valence-corrected chi connectivity index (χ2v) is 20.1. The summed E-state index contributed by atoms with van der Waals surface area (Å²) in [5.41, 5.74) is -4.39. The number of phenols is 4. The molecule has 33 nitrogen and oxygen atoms in total. The van der Waals surface area contributed by atoms with Crippen molar-refractivity contribution in [1.82, 2.24) is 0 Å². The normalized spacial score (nSPS) is 12.9. The molecule has 0 saturated heterocycles. The van der Waals surface area contributed by atoms with Gasteiger partial charge in [-0.05, 0) is 91.4 Å². The maximum atomic E-state index is 12.4. The Hall–Kier alpha value is -12.8. The molecule has 0 spiro atoms. The number of aryl methyl sites for hydroxylation is 2. The lowest BCUT2D eigenvalue weighted by Crippen LogP contribution is -1.99. The topological polar surface area (TPSA) is 482 Å². The summed E-state index contributed by atoms with van der Waals surface area (Å²) in [7, 11) is 0. The van der Waals surface area contributed by atoms with E-state index in [1.165, 1.54) is 66.7 Å². The molecule has 8 aromatic carbocycles. The molecule has 0 unspecified atom stereocenters. The van der Waals surface area contributed by atoms with Gasteiger partial charge in [-0.15, -0.1) is 0 Å². The largest absolute Gasteiger partial charge is 0.507 e. The predicted molar refractivity (Wildman–Crippen MR) is 316 cm³/mol. The van der Waals surface area contributed by atoms with Gasteiger partial charge in [0.2, 0.25) is 0 Å². The fourth-order valence-corrected chi connectivity index (χ4v) is 9.66. The van der Waals surface area contributed by atoms with E-state index in [4.69, 9.17) is 0 Å². The number of fused-ring (bicyclic) bond motifs is 8. The van der Waals surface area contributed by atoms with Gasteiger partial charge in [0.25, 0.3) is 39.8 Å². The first-order valence-electron chi connectivity index (χ1n) is 26.6. The number of nitro benzene ring substituents is 7. The summed E-state index contributed by atoms with van der Waals surface area (Å²) in [6.07, 6.45) is 1.27. The third kappa shape index (κ3) is 15.0. The number of azo groups is 4. The second-order valence-electron chi connectivity index (χ2n) is 20.1. The van der Waals surface area contributed by atoms with Crippen LogP contribution in [-0.2, 0) is 32.1 Å². The van der Waals surface area contributed by atoms with E-state index in [9.17, 15) is 91.2 Å². The van der Waals surface area contributed by atoms with Gasteiger partial charge >= 0.3 is 0 Å². The van der Waals surface area contributed by atoms with Crippen LogP contribution in [0.3, 0.4) is 0 Å². The Bertz CT molecular complexity index is 4340. The average Bonchev–Trinajstić information content (AvgIpc) is 1.10. The number of non-ortho nitro benzene ring substituents is 7. The van der Waals surface area contributed by atoms with E-state index in [2.05, 4.69) is 40.9 Å². The Morgan fingerprint density at radius 3 is 0.722 bits per heavy atom. The van der Waals surface area contributed by atoms with Crippen molar-refractivity contribution in [3.63, 3.8) is 0 Å². The minimum Gasteiger partial charge on any atom is -0.507 e. The molecule has 1 aliphatic carbocycles. The first-order valence-corrected chi connectivity index (χ1v) is 26.6. The monoisotopic (exact) mass is 1230 g/mol. The van der Waals surface area contributed by atoms with Gasteiger partial charge in [0.15, 0.2) is 0 Å². The van der Waals surface area contributed by atoms with Crippen molar-refractivity contribution in [3.05, 3.63) is 243 Å². The molecule has 0 amide bonds. The molecule has 1 aliphatic rings. The number of benzene rings is 8. The van der Waals surface area contributed by atoms with E-state index < -0.39 is 86.5 Å². The summed E-state index contributed by atoms with van der Waals surface area (Å²) < 4.78 is 0. The standard InChI is InChI=1S/C57H43N15O18/c73-54-31-6-3-1-2-4-7-32-14-41(60-63-44-22-48(67(79)80)28-49(23-44)68(81)82)16-34(55(32)74)11-36-18-43(62-65-46-26-52(71(87)88)30-53(27-46)72(89)90)20-38(57(36)76)12-37-19-42(61-64-45-24-50(69(83)84)29-51(25-45)70(85)86)17-35(56(37)75)10-33(54)15-40(13-31)59-58-39-8-5-9-47(21-39)66(77)78/h5,8-9,13-30,73-76H,1-4,6-7,10-12H2. The third-order valence-corrected chi connectivity index (χ3v) is 13.9. The fraction of sp³-hybridized carbons (Fsp3) is 0.158.